The molecule has 0 heterocycles. The van der Waals surface area contributed by atoms with Crippen molar-refractivity contribution in [1.29, 1.82) is 0 Å². The van der Waals surface area contributed by atoms with E-state index in [0.717, 1.165) is 0 Å². The van der Waals surface area contributed by atoms with Crippen molar-refractivity contribution >= 4 is 12.4 Å². The maximum absolute atomic E-state index is 11.5. The summed E-state index contributed by atoms with van der Waals surface area (Å²) in [5.74, 6) is 0.373. The number of carbonyl (C=O) groups excluding carboxylic acids is 2. The first-order valence-electron chi connectivity index (χ1n) is 7.14. The molecule has 3 N–H and O–H groups in total. The van der Waals surface area contributed by atoms with Gasteiger partial charge in [-0.05, 0) is 38.5 Å². The summed E-state index contributed by atoms with van der Waals surface area (Å²) in [6.45, 7) is 4.96. The topological polar surface area (TPSA) is 105 Å². The van der Waals surface area contributed by atoms with Crippen LogP contribution in [-0.2, 0) is 4.74 Å². The molecule has 0 aliphatic carbocycles. The minimum atomic E-state index is -1.27. The van der Waals surface area contributed by atoms with Crippen LogP contribution in [0, 0.1) is 0 Å². The first-order valence-corrected chi connectivity index (χ1v) is 7.14. The normalized spacial score (nSPS) is 13.8. The van der Waals surface area contributed by atoms with E-state index >= 15 is 0 Å². The van der Waals surface area contributed by atoms with Crippen LogP contribution in [0.5, 0.6) is 5.75 Å². The van der Waals surface area contributed by atoms with Gasteiger partial charge in [-0.15, -0.1) is 0 Å². The van der Waals surface area contributed by atoms with E-state index in [9.17, 15) is 19.8 Å². The molecule has 23 heavy (non-hydrogen) atoms. The van der Waals surface area contributed by atoms with E-state index in [0.29, 0.717) is 17.6 Å². The second-order valence-electron chi connectivity index (χ2n) is 6.01. The highest BCUT2D eigenvalue weighted by atomic mass is 16.6. The van der Waals surface area contributed by atoms with Crippen molar-refractivity contribution in [1.82, 2.24) is 5.32 Å². The first-order chi connectivity index (χ1) is 10.7. The predicted molar refractivity (Wildman–Crippen MR) is 83.6 cm³/mol. The van der Waals surface area contributed by atoms with Gasteiger partial charge in [0.2, 0.25) is 0 Å². The lowest BCUT2D eigenvalue weighted by Crippen LogP contribution is -2.38. The Labute approximate surface area is 135 Å². The van der Waals surface area contributed by atoms with Crippen molar-refractivity contribution in [3.8, 4) is 5.75 Å². The van der Waals surface area contributed by atoms with Gasteiger partial charge in [-0.1, -0.05) is 6.07 Å². The second-order valence-corrected chi connectivity index (χ2v) is 6.01. The second kappa shape index (κ2) is 7.94. The number of amides is 1. The molecular formula is C16H23NO6. The largest absolute Gasteiger partial charge is 0.496 e. The average Bonchev–Trinajstić information content (AvgIpc) is 2.49. The lowest BCUT2D eigenvalue weighted by atomic mass is 10.0. The number of ether oxygens (including phenoxy) is 2. The van der Waals surface area contributed by atoms with Gasteiger partial charge in [0.15, 0.2) is 6.29 Å². The van der Waals surface area contributed by atoms with Crippen LogP contribution < -0.4 is 10.1 Å². The molecule has 7 heteroatoms. The summed E-state index contributed by atoms with van der Waals surface area (Å²) in [6.07, 6.45) is -2.61. The highest BCUT2D eigenvalue weighted by Crippen LogP contribution is 2.23. The van der Waals surface area contributed by atoms with Crippen molar-refractivity contribution in [3.63, 3.8) is 0 Å². The van der Waals surface area contributed by atoms with E-state index in [2.05, 4.69) is 5.32 Å². The summed E-state index contributed by atoms with van der Waals surface area (Å²) in [4.78, 5) is 22.5. The van der Waals surface area contributed by atoms with Crippen LogP contribution in [0.25, 0.3) is 0 Å². The number of hydrogen-bond acceptors (Lipinski definition) is 6. The molecule has 0 aliphatic heterocycles. The number of benzene rings is 1. The monoisotopic (exact) mass is 325 g/mol. The number of hydrogen-bond donors (Lipinski definition) is 3. The maximum atomic E-state index is 11.5. The van der Waals surface area contributed by atoms with E-state index in [1.165, 1.54) is 25.3 Å². The number of aliphatic hydroxyl groups excluding tert-OH is 2. The van der Waals surface area contributed by atoms with Gasteiger partial charge in [-0.25, -0.2) is 4.79 Å². The fourth-order valence-corrected chi connectivity index (χ4v) is 1.86. The molecule has 1 rings (SSSR count). The summed E-state index contributed by atoms with van der Waals surface area (Å²) >= 11 is 0. The number of methoxy groups -OCH3 is 1. The van der Waals surface area contributed by atoms with E-state index in [1.54, 1.807) is 20.8 Å². The van der Waals surface area contributed by atoms with Crippen LogP contribution >= 0.6 is 0 Å². The Morgan fingerprint density at radius 3 is 2.52 bits per heavy atom. The molecule has 2 atom stereocenters. The molecule has 0 saturated heterocycles. The van der Waals surface area contributed by atoms with Gasteiger partial charge in [-0.3, -0.25) is 4.79 Å². The molecule has 0 aliphatic rings. The average molecular weight is 325 g/mol. The van der Waals surface area contributed by atoms with Crippen LogP contribution in [0.4, 0.5) is 4.79 Å². The fraction of sp³-hybridized carbons (Fsp3) is 0.500. The van der Waals surface area contributed by atoms with Crippen LogP contribution in [0.15, 0.2) is 18.2 Å². The molecule has 2 unspecified atom stereocenters. The summed E-state index contributed by atoms with van der Waals surface area (Å²) in [7, 11) is 1.43. The minimum Gasteiger partial charge on any atom is -0.496 e. The molecule has 1 amide bonds. The zero-order valence-corrected chi connectivity index (χ0v) is 13.7. The molecule has 128 valence electrons. The van der Waals surface area contributed by atoms with Crippen molar-refractivity contribution in [2.75, 3.05) is 13.7 Å². The van der Waals surface area contributed by atoms with Crippen molar-refractivity contribution < 1.29 is 29.3 Å². The van der Waals surface area contributed by atoms with Gasteiger partial charge in [0, 0.05) is 6.54 Å². The predicted octanol–water partition coefficient (Wildman–Crippen LogP) is 1.43. The van der Waals surface area contributed by atoms with E-state index in [1.807, 2.05) is 0 Å². The van der Waals surface area contributed by atoms with Gasteiger partial charge in [-0.2, -0.15) is 0 Å². The Hall–Kier alpha value is -2.12. The summed E-state index contributed by atoms with van der Waals surface area (Å²) in [6, 6.07) is 4.48. The lowest BCUT2D eigenvalue weighted by Gasteiger charge is -2.22. The van der Waals surface area contributed by atoms with Crippen LogP contribution in [0.3, 0.4) is 0 Å². The Morgan fingerprint density at radius 2 is 2.00 bits per heavy atom. The third kappa shape index (κ3) is 5.88. The van der Waals surface area contributed by atoms with E-state index in [-0.39, 0.29) is 12.1 Å². The van der Waals surface area contributed by atoms with Crippen molar-refractivity contribution in [2.24, 2.45) is 0 Å². The standard InChI is InChI=1S/C16H23NO6/c1-16(2,3)23-15(21)17-8-12(19)14(20)10-5-6-13(22-4)11(7-10)9-18/h5-7,9,12,14,19-20H,8H2,1-4H3,(H,17,21). The molecule has 1 aromatic rings. The SMILES string of the molecule is COc1ccc(C(O)C(O)CNC(=O)OC(C)(C)C)cc1C=O. The zero-order chi connectivity index (χ0) is 17.6. The number of alkyl carbamates (subject to hydrolysis) is 1. The van der Waals surface area contributed by atoms with Gasteiger partial charge in [0.25, 0.3) is 0 Å². The number of carbonyl (C=O) groups is 2. The molecule has 1 aromatic carbocycles. The molecule has 0 bridgehead atoms. The van der Waals surface area contributed by atoms with Gasteiger partial charge < -0.3 is 25.0 Å². The number of aldehydes is 1. The van der Waals surface area contributed by atoms with Gasteiger partial charge >= 0.3 is 6.09 Å². The third-order valence-electron chi connectivity index (χ3n) is 2.94. The van der Waals surface area contributed by atoms with Crippen molar-refractivity contribution in [3.05, 3.63) is 29.3 Å². The van der Waals surface area contributed by atoms with Gasteiger partial charge in [0.1, 0.15) is 23.6 Å². The summed E-state index contributed by atoms with van der Waals surface area (Å²) in [5, 5.41) is 22.5. The summed E-state index contributed by atoms with van der Waals surface area (Å²) < 4.78 is 10.0. The number of nitrogens with one attached hydrogen (secondary N) is 1. The molecule has 7 nitrogen and oxygen atoms in total. The lowest BCUT2D eigenvalue weighted by molar-refractivity contribution is 0.0129. The number of aliphatic hydroxyl groups is 2. The highest BCUT2D eigenvalue weighted by Gasteiger charge is 2.22. The van der Waals surface area contributed by atoms with Crippen LogP contribution in [0.1, 0.15) is 42.8 Å². The Morgan fingerprint density at radius 1 is 1.35 bits per heavy atom. The zero-order valence-electron chi connectivity index (χ0n) is 13.7. The quantitative estimate of drug-likeness (QED) is 0.683. The Balaban J connectivity index is 2.68. The van der Waals surface area contributed by atoms with Crippen molar-refractivity contribution in [2.45, 2.75) is 38.6 Å². The van der Waals surface area contributed by atoms with Crippen LogP contribution in [-0.4, -0.2) is 48.0 Å². The molecule has 0 spiro atoms. The Bertz CT molecular complexity index is 552. The molecule has 0 fully saturated rings. The smallest absolute Gasteiger partial charge is 0.407 e. The minimum absolute atomic E-state index is 0.196. The maximum Gasteiger partial charge on any atom is 0.407 e. The number of rotatable bonds is 6. The Kier molecular flexibility index (Phi) is 6.53. The summed E-state index contributed by atoms with van der Waals surface area (Å²) in [5.41, 5.74) is -0.0505. The fourth-order valence-electron chi connectivity index (χ4n) is 1.86. The highest BCUT2D eigenvalue weighted by molar-refractivity contribution is 5.79. The van der Waals surface area contributed by atoms with E-state index < -0.39 is 23.9 Å². The first kappa shape index (κ1) is 18.9. The van der Waals surface area contributed by atoms with E-state index in [4.69, 9.17) is 9.47 Å². The third-order valence-corrected chi connectivity index (χ3v) is 2.94. The van der Waals surface area contributed by atoms with Gasteiger partial charge in [0.05, 0.1) is 12.7 Å². The molecule has 0 aromatic heterocycles. The molecule has 0 radical (unpaired) electrons. The van der Waals surface area contributed by atoms with Crippen LogP contribution in [0.2, 0.25) is 0 Å². The molecule has 0 saturated carbocycles. The molecular weight excluding hydrogens is 302 g/mol.